The average molecular weight is 233 g/mol. The van der Waals surface area contributed by atoms with E-state index < -0.39 is 0 Å². The van der Waals surface area contributed by atoms with Crippen molar-refractivity contribution in [2.75, 3.05) is 6.54 Å². The summed E-state index contributed by atoms with van der Waals surface area (Å²) < 4.78 is 0. The maximum atomic E-state index is 4.16. The Hall–Kier alpha value is -0.960. The average Bonchev–Trinajstić information content (AvgIpc) is 2.42. The van der Waals surface area contributed by atoms with Gasteiger partial charge in [0.05, 0.1) is 0 Å². The molecule has 1 fully saturated rings. The van der Waals surface area contributed by atoms with Gasteiger partial charge in [-0.15, -0.1) is 0 Å². The van der Waals surface area contributed by atoms with Gasteiger partial charge in [-0.05, 0) is 31.7 Å². The highest BCUT2D eigenvalue weighted by atomic mass is 14.9. The number of hydrogen-bond acceptors (Lipinski definition) is 3. The minimum Gasteiger partial charge on any atom is -0.310 e. The van der Waals surface area contributed by atoms with Crippen LogP contribution in [0, 0.1) is 5.92 Å². The SMILES string of the molecule is CCCNC(c1cncnc1)C1CCCCC1. The van der Waals surface area contributed by atoms with Gasteiger partial charge < -0.3 is 5.32 Å². The standard InChI is InChI=1S/C14H23N3/c1-2-8-17-14(12-6-4-3-5-7-12)13-9-15-11-16-10-13/h9-12,14,17H,2-8H2,1H3. The summed E-state index contributed by atoms with van der Waals surface area (Å²) in [7, 11) is 0. The lowest BCUT2D eigenvalue weighted by atomic mass is 9.81. The van der Waals surface area contributed by atoms with Crippen molar-refractivity contribution in [3.05, 3.63) is 24.3 Å². The summed E-state index contributed by atoms with van der Waals surface area (Å²) in [5, 5.41) is 3.68. The van der Waals surface area contributed by atoms with Gasteiger partial charge in [-0.1, -0.05) is 26.2 Å². The topological polar surface area (TPSA) is 37.8 Å². The zero-order valence-electron chi connectivity index (χ0n) is 10.7. The van der Waals surface area contributed by atoms with Crippen LogP contribution >= 0.6 is 0 Å². The first-order chi connectivity index (χ1) is 8.42. The van der Waals surface area contributed by atoms with E-state index >= 15 is 0 Å². The van der Waals surface area contributed by atoms with E-state index in [0.717, 1.165) is 12.5 Å². The van der Waals surface area contributed by atoms with Gasteiger partial charge in [0.2, 0.25) is 0 Å². The van der Waals surface area contributed by atoms with E-state index in [9.17, 15) is 0 Å². The van der Waals surface area contributed by atoms with Crippen molar-refractivity contribution in [3.8, 4) is 0 Å². The molecule has 1 aliphatic carbocycles. The minimum absolute atomic E-state index is 0.455. The fourth-order valence-corrected chi connectivity index (χ4v) is 2.80. The second-order valence-electron chi connectivity index (χ2n) is 5.00. The van der Waals surface area contributed by atoms with E-state index in [4.69, 9.17) is 0 Å². The number of rotatable bonds is 5. The van der Waals surface area contributed by atoms with Crippen LogP contribution < -0.4 is 5.32 Å². The second-order valence-corrected chi connectivity index (χ2v) is 5.00. The van der Waals surface area contributed by atoms with Crippen LogP contribution in [0.1, 0.15) is 57.1 Å². The van der Waals surface area contributed by atoms with Gasteiger partial charge >= 0.3 is 0 Å². The number of hydrogen-bond donors (Lipinski definition) is 1. The van der Waals surface area contributed by atoms with Crippen molar-refractivity contribution >= 4 is 0 Å². The van der Waals surface area contributed by atoms with Gasteiger partial charge in [0, 0.05) is 24.0 Å². The summed E-state index contributed by atoms with van der Waals surface area (Å²) in [6.07, 6.45) is 13.6. The van der Waals surface area contributed by atoms with Crippen LogP contribution in [0.15, 0.2) is 18.7 Å². The molecule has 0 aliphatic heterocycles. The Morgan fingerprint density at radius 2 is 1.94 bits per heavy atom. The predicted molar refractivity (Wildman–Crippen MR) is 69.6 cm³/mol. The first-order valence-corrected chi connectivity index (χ1v) is 6.90. The third kappa shape index (κ3) is 3.50. The number of aromatic nitrogens is 2. The molecular weight excluding hydrogens is 210 g/mol. The molecule has 3 nitrogen and oxygen atoms in total. The molecule has 2 rings (SSSR count). The van der Waals surface area contributed by atoms with Crippen LogP contribution in [0.2, 0.25) is 0 Å². The number of nitrogens with zero attached hydrogens (tertiary/aromatic N) is 2. The van der Waals surface area contributed by atoms with E-state index in [-0.39, 0.29) is 0 Å². The molecule has 0 radical (unpaired) electrons. The summed E-state index contributed by atoms with van der Waals surface area (Å²) in [4.78, 5) is 8.31. The lowest BCUT2D eigenvalue weighted by Gasteiger charge is -2.31. The van der Waals surface area contributed by atoms with E-state index in [1.807, 2.05) is 12.4 Å². The third-order valence-electron chi connectivity index (χ3n) is 3.68. The van der Waals surface area contributed by atoms with Crippen LogP contribution in [0.3, 0.4) is 0 Å². The Kier molecular flexibility index (Phi) is 4.92. The Morgan fingerprint density at radius 3 is 2.59 bits per heavy atom. The van der Waals surface area contributed by atoms with Gasteiger partial charge in [0.1, 0.15) is 6.33 Å². The predicted octanol–water partition coefficient (Wildman–Crippen LogP) is 3.10. The fourth-order valence-electron chi connectivity index (χ4n) is 2.80. The molecule has 0 amide bonds. The Morgan fingerprint density at radius 1 is 1.24 bits per heavy atom. The molecule has 1 unspecified atom stereocenters. The van der Waals surface area contributed by atoms with Gasteiger partial charge in [-0.3, -0.25) is 0 Å². The molecule has 1 N–H and O–H groups in total. The molecule has 1 aromatic heterocycles. The van der Waals surface area contributed by atoms with E-state index in [1.54, 1.807) is 6.33 Å². The van der Waals surface area contributed by atoms with Crippen molar-refractivity contribution < 1.29 is 0 Å². The molecule has 0 bridgehead atoms. The first kappa shape index (κ1) is 12.5. The molecule has 0 saturated heterocycles. The molecule has 0 aromatic carbocycles. The van der Waals surface area contributed by atoms with Crippen LogP contribution in [0.25, 0.3) is 0 Å². The quantitative estimate of drug-likeness (QED) is 0.849. The highest BCUT2D eigenvalue weighted by Crippen LogP contribution is 2.33. The second kappa shape index (κ2) is 6.70. The molecule has 1 heterocycles. The first-order valence-electron chi connectivity index (χ1n) is 6.90. The summed E-state index contributed by atoms with van der Waals surface area (Å²) in [6.45, 7) is 3.29. The maximum Gasteiger partial charge on any atom is 0.115 e. The minimum atomic E-state index is 0.455. The molecular formula is C14H23N3. The summed E-state index contributed by atoms with van der Waals surface area (Å²) in [5.41, 5.74) is 1.26. The lowest BCUT2D eigenvalue weighted by Crippen LogP contribution is -2.30. The monoisotopic (exact) mass is 233 g/mol. The van der Waals surface area contributed by atoms with Crippen LogP contribution in [0.5, 0.6) is 0 Å². The van der Waals surface area contributed by atoms with Crippen LogP contribution in [0.4, 0.5) is 0 Å². The van der Waals surface area contributed by atoms with Gasteiger partial charge in [0.25, 0.3) is 0 Å². The maximum absolute atomic E-state index is 4.16. The molecule has 17 heavy (non-hydrogen) atoms. The Labute approximate surface area is 104 Å². The smallest absolute Gasteiger partial charge is 0.115 e. The normalized spacial score (nSPS) is 19.1. The highest BCUT2D eigenvalue weighted by molar-refractivity contribution is 5.11. The zero-order valence-corrected chi connectivity index (χ0v) is 10.7. The van der Waals surface area contributed by atoms with Gasteiger partial charge in [-0.2, -0.15) is 0 Å². The number of nitrogens with one attached hydrogen (secondary N) is 1. The summed E-state index contributed by atoms with van der Waals surface area (Å²) in [5.74, 6) is 0.765. The fraction of sp³-hybridized carbons (Fsp3) is 0.714. The zero-order chi connectivity index (χ0) is 11.9. The highest BCUT2D eigenvalue weighted by Gasteiger charge is 2.24. The van der Waals surface area contributed by atoms with Crippen molar-refractivity contribution in [2.45, 2.75) is 51.5 Å². The molecule has 94 valence electrons. The summed E-state index contributed by atoms with van der Waals surface area (Å²) >= 11 is 0. The van der Waals surface area contributed by atoms with Crippen LogP contribution in [-0.2, 0) is 0 Å². The molecule has 1 aromatic rings. The Bertz CT molecular complexity index is 307. The molecule has 1 atom stereocenters. The molecule has 3 heteroatoms. The van der Waals surface area contributed by atoms with Crippen molar-refractivity contribution in [3.63, 3.8) is 0 Å². The molecule has 1 saturated carbocycles. The van der Waals surface area contributed by atoms with Crippen molar-refractivity contribution in [1.29, 1.82) is 0 Å². The van der Waals surface area contributed by atoms with Crippen molar-refractivity contribution in [1.82, 2.24) is 15.3 Å². The van der Waals surface area contributed by atoms with Crippen LogP contribution in [-0.4, -0.2) is 16.5 Å². The van der Waals surface area contributed by atoms with E-state index in [1.165, 1.54) is 44.1 Å². The molecule has 1 aliphatic rings. The summed E-state index contributed by atoms with van der Waals surface area (Å²) in [6, 6.07) is 0.455. The lowest BCUT2D eigenvalue weighted by molar-refractivity contribution is 0.271. The third-order valence-corrected chi connectivity index (χ3v) is 3.68. The van der Waals surface area contributed by atoms with Gasteiger partial charge in [0.15, 0.2) is 0 Å². The van der Waals surface area contributed by atoms with E-state index in [2.05, 4.69) is 22.2 Å². The van der Waals surface area contributed by atoms with Crippen molar-refractivity contribution in [2.24, 2.45) is 5.92 Å². The molecule has 0 spiro atoms. The largest absolute Gasteiger partial charge is 0.310 e. The van der Waals surface area contributed by atoms with Gasteiger partial charge in [-0.25, -0.2) is 9.97 Å². The Balaban J connectivity index is 2.06. The van der Waals surface area contributed by atoms with E-state index in [0.29, 0.717) is 6.04 Å².